The molecule has 0 atom stereocenters. The Labute approximate surface area is 306 Å². The Morgan fingerprint density at radius 1 is 0.380 bits per heavy atom. The van der Waals surface area contributed by atoms with Crippen LogP contribution in [0.1, 0.15) is 11.1 Å². The lowest BCUT2D eigenvalue weighted by atomic mass is 10.1. The van der Waals surface area contributed by atoms with E-state index in [9.17, 15) is 0 Å². The molecule has 14 heteroatoms. The minimum absolute atomic E-state index is 0.710. The van der Waals surface area contributed by atoms with Gasteiger partial charge < -0.3 is 39.2 Å². The van der Waals surface area contributed by atoms with Gasteiger partial charge in [-0.1, -0.05) is 24.3 Å². The predicted octanol–water partition coefficient (Wildman–Crippen LogP) is 1.21. The molecule has 0 saturated carbocycles. The fourth-order valence-corrected chi connectivity index (χ4v) is 5.78. The van der Waals surface area contributed by atoms with Crippen LogP contribution in [0.25, 0.3) is 0 Å². The highest BCUT2D eigenvalue weighted by molar-refractivity contribution is 5.80. The Hall–Kier alpha value is -3.78. The van der Waals surface area contributed by atoms with Gasteiger partial charge in [-0.05, 0) is 11.1 Å². The third-order valence-corrected chi connectivity index (χ3v) is 7.68. The van der Waals surface area contributed by atoms with Crippen LogP contribution in [0.3, 0.4) is 0 Å². The van der Waals surface area contributed by atoms with E-state index in [1.807, 2.05) is 113 Å². The van der Waals surface area contributed by atoms with Gasteiger partial charge in [0.2, 0.25) is 0 Å². The van der Waals surface area contributed by atoms with Crippen molar-refractivity contribution in [2.24, 2.45) is 20.0 Å². The summed E-state index contributed by atoms with van der Waals surface area (Å²) in [6, 6.07) is 9.01. The van der Waals surface area contributed by atoms with Crippen molar-refractivity contribution in [1.29, 1.82) is 0 Å². The average molecular weight is 701 g/mol. The van der Waals surface area contributed by atoms with Crippen LogP contribution in [-0.4, -0.2) is 238 Å². The molecule has 0 fully saturated rings. The third kappa shape index (κ3) is 16.8. The molecule has 1 rings (SSSR count). The van der Waals surface area contributed by atoms with E-state index in [4.69, 9.17) is 20.0 Å². The quantitative estimate of drug-likeness (QED) is 0.186. The second kappa shape index (κ2) is 22.8. The number of benzene rings is 1. The molecule has 1 aromatic rings. The van der Waals surface area contributed by atoms with Gasteiger partial charge in [0.15, 0.2) is 23.8 Å². The molecule has 0 unspecified atom stereocenters. The molecule has 0 bridgehead atoms. The lowest BCUT2D eigenvalue weighted by Gasteiger charge is -2.26. The number of aliphatic imine (C=N–C) groups is 4. The maximum atomic E-state index is 4.92. The van der Waals surface area contributed by atoms with Crippen LogP contribution in [-0.2, 0) is 13.1 Å². The summed E-state index contributed by atoms with van der Waals surface area (Å²) in [7, 11) is 32.6. The highest BCUT2D eigenvalue weighted by atomic mass is 15.4. The summed E-state index contributed by atoms with van der Waals surface area (Å²) in [5.74, 6) is 3.86. The minimum atomic E-state index is 0.710. The van der Waals surface area contributed by atoms with E-state index in [1.165, 1.54) is 11.1 Å². The van der Waals surface area contributed by atoms with Gasteiger partial charge in [-0.3, -0.25) is 29.8 Å². The van der Waals surface area contributed by atoms with Crippen LogP contribution in [0.2, 0.25) is 0 Å². The fourth-order valence-electron chi connectivity index (χ4n) is 5.78. The summed E-state index contributed by atoms with van der Waals surface area (Å²) in [6.45, 7) is 7.86. The molecule has 0 radical (unpaired) electrons. The highest BCUT2D eigenvalue weighted by Crippen LogP contribution is 2.12. The Morgan fingerprint density at radius 2 is 0.600 bits per heavy atom. The summed E-state index contributed by atoms with van der Waals surface area (Å²) < 4.78 is 0. The monoisotopic (exact) mass is 701 g/mol. The smallest absolute Gasteiger partial charge is 0.195 e. The van der Waals surface area contributed by atoms with E-state index in [-0.39, 0.29) is 0 Å². The number of guanidine groups is 4. The van der Waals surface area contributed by atoms with E-state index >= 15 is 0 Å². The van der Waals surface area contributed by atoms with Gasteiger partial charge in [0.25, 0.3) is 0 Å². The first kappa shape index (κ1) is 44.2. The second-order valence-corrected chi connectivity index (χ2v) is 14.3. The molecule has 0 aliphatic heterocycles. The minimum Gasteiger partial charge on any atom is -0.349 e. The van der Waals surface area contributed by atoms with Crippen LogP contribution in [0.15, 0.2) is 44.2 Å². The molecule has 0 N–H and O–H groups in total. The molecule has 0 amide bonds. The van der Waals surface area contributed by atoms with Crippen LogP contribution in [0.5, 0.6) is 0 Å². The number of nitrogens with zero attached hydrogens (tertiary/aromatic N) is 14. The first-order chi connectivity index (χ1) is 23.4. The highest BCUT2D eigenvalue weighted by Gasteiger charge is 2.13. The first-order valence-corrected chi connectivity index (χ1v) is 17.5. The number of rotatable bonds is 16. The van der Waals surface area contributed by atoms with Gasteiger partial charge in [0.05, 0.1) is 26.2 Å². The van der Waals surface area contributed by atoms with Gasteiger partial charge in [-0.2, -0.15) is 0 Å². The lowest BCUT2D eigenvalue weighted by Crippen LogP contribution is -2.37. The van der Waals surface area contributed by atoms with E-state index < -0.39 is 0 Å². The van der Waals surface area contributed by atoms with Crippen LogP contribution < -0.4 is 0 Å². The van der Waals surface area contributed by atoms with Crippen molar-refractivity contribution in [3.63, 3.8) is 0 Å². The van der Waals surface area contributed by atoms with E-state index in [0.717, 1.165) is 63.1 Å². The van der Waals surface area contributed by atoms with E-state index in [2.05, 4.69) is 73.3 Å². The van der Waals surface area contributed by atoms with Gasteiger partial charge in [0, 0.05) is 152 Å². The zero-order chi connectivity index (χ0) is 38.0. The number of hydrogen-bond donors (Lipinski definition) is 0. The first-order valence-electron chi connectivity index (χ1n) is 17.5. The summed E-state index contributed by atoms with van der Waals surface area (Å²) in [5.41, 5.74) is 2.58. The van der Waals surface area contributed by atoms with Crippen LogP contribution >= 0.6 is 0 Å². The zero-order valence-electron chi connectivity index (χ0n) is 34.6. The topological polar surface area (TPSA) is 81.8 Å². The molecule has 0 heterocycles. The number of hydrogen-bond acceptors (Lipinski definition) is 6. The Morgan fingerprint density at radius 3 is 0.800 bits per heavy atom. The Balaban J connectivity index is 3.27. The molecule has 14 nitrogen and oxygen atoms in total. The average Bonchev–Trinajstić information content (AvgIpc) is 2.99. The van der Waals surface area contributed by atoms with E-state index in [1.54, 1.807) is 0 Å². The van der Waals surface area contributed by atoms with Crippen LogP contribution in [0, 0.1) is 0 Å². The SMILES string of the molecule is CN(C)C(=NCCN(CCN=C(N(C)C)N(C)C)Cc1cccc(CN(CCN=C(N(C)C)N(C)C)CCN=C(N(C)C)N(C)C)c1)N(C)C. The Kier molecular flexibility index (Phi) is 20.2. The predicted molar refractivity (Wildman–Crippen MR) is 216 cm³/mol. The van der Waals surface area contributed by atoms with Crippen molar-refractivity contribution in [2.75, 3.05) is 165 Å². The largest absolute Gasteiger partial charge is 0.349 e. The third-order valence-electron chi connectivity index (χ3n) is 7.68. The lowest BCUT2D eigenvalue weighted by molar-refractivity contribution is 0.275. The molecule has 286 valence electrons. The molecule has 1 aromatic carbocycles. The maximum Gasteiger partial charge on any atom is 0.195 e. The van der Waals surface area contributed by atoms with Crippen molar-refractivity contribution in [2.45, 2.75) is 13.1 Å². The van der Waals surface area contributed by atoms with Gasteiger partial charge in [-0.15, -0.1) is 0 Å². The normalized spacial score (nSPS) is 10.8. The fraction of sp³-hybridized carbons (Fsp3) is 0.722. The van der Waals surface area contributed by atoms with E-state index in [0.29, 0.717) is 26.2 Å². The summed E-state index contributed by atoms with van der Waals surface area (Å²) in [5, 5.41) is 0. The molecule has 0 aliphatic carbocycles. The van der Waals surface area contributed by atoms with Crippen LogP contribution in [0.4, 0.5) is 0 Å². The zero-order valence-corrected chi connectivity index (χ0v) is 34.6. The Bertz CT molecular complexity index is 1020. The van der Waals surface area contributed by atoms with Gasteiger partial charge in [-0.25, -0.2) is 0 Å². The summed E-state index contributed by atoms with van der Waals surface area (Å²) in [6.07, 6.45) is 0. The molecule has 0 aliphatic rings. The molecule has 50 heavy (non-hydrogen) atoms. The van der Waals surface area contributed by atoms with Crippen molar-refractivity contribution < 1.29 is 0 Å². The van der Waals surface area contributed by atoms with Crippen molar-refractivity contribution in [3.8, 4) is 0 Å². The summed E-state index contributed by atoms with van der Waals surface area (Å²) >= 11 is 0. The molecule has 0 aromatic heterocycles. The standard InChI is InChI=1S/C36H72N14/c1-41(2)33(42(3)4)37-20-24-49(25-21-38-34(43(5)6)44(7)8)29-31-18-17-19-32(28-31)30-50(26-22-39-35(45(9)10)46(11)12)27-23-40-36(47(13)14)48(15)16/h17-19,28H,20-27,29-30H2,1-16H3. The maximum absolute atomic E-state index is 4.92. The van der Waals surface area contributed by atoms with Gasteiger partial charge in [0.1, 0.15) is 0 Å². The van der Waals surface area contributed by atoms with Gasteiger partial charge >= 0.3 is 0 Å². The van der Waals surface area contributed by atoms with Crippen molar-refractivity contribution in [1.82, 2.24) is 49.0 Å². The van der Waals surface area contributed by atoms with Crippen molar-refractivity contribution in [3.05, 3.63) is 35.4 Å². The molecular weight excluding hydrogens is 628 g/mol. The molecular formula is C36H72N14. The molecule has 0 spiro atoms. The van der Waals surface area contributed by atoms with Crippen molar-refractivity contribution >= 4 is 23.8 Å². The molecule has 0 saturated heterocycles. The second-order valence-electron chi connectivity index (χ2n) is 14.3. The summed E-state index contributed by atoms with van der Waals surface area (Å²) in [4.78, 5) is 41.1.